The van der Waals surface area contributed by atoms with Crippen LogP contribution in [-0.4, -0.2) is 21.2 Å². The monoisotopic (exact) mass is 210 g/mol. The molecule has 0 spiro atoms. The van der Waals surface area contributed by atoms with Gasteiger partial charge < -0.3 is 11.1 Å². The van der Waals surface area contributed by atoms with Crippen molar-refractivity contribution in [2.75, 3.05) is 0 Å². The van der Waals surface area contributed by atoms with Gasteiger partial charge in [0.1, 0.15) is 0 Å². The van der Waals surface area contributed by atoms with E-state index >= 15 is 0 Å². The summed E-state index contributed by atoms with van der Waals surface area (Å²) >= 11 is 0. The van der Waals surface area contributed by atoms with Gasteiger partial charge in [0.2, 0.25) is 5.89 Å². The summed E-state index contributed by atoms with van der Waals surface area (Å²) in [5.41, 5.74) is -0.305. The molecule has 0 saturated carbocycles. The number of aromatic nitrogens is 2. The van der Waals surface area contributed by atoms with Crippen LogP contribution in [0.25, 0.3) is 0 Å². The van der Waals surface area contributed by atoms with E-state index in [-0.39, 0.29) is 64.1 Å². The maximum absolute atomic E-state index is 10.4. The summed E-state index contributed by atoms with van der Waals surface area (Å²) in [5, 5.41) is 11.8. The fourth-order valence-corrected chi connectivity index (χ4v) is 0.615. The first-order valence-electron chi connectivity index (χ1n) is 3.49. The van der Waals surface area contributed by atoms with Crippen LogP contribution in [0.3, 0.4) is 0 Å². The number of hydrogen-bond donors (Lipinski definition) is 1. The SMILES string of the molecule is CC(C)(C)c1nc(C(=O)O)no1.[H-].[K+]. The van der Waals surface area contributed by atoms with Crippen molar-refractivity contribution in [1.82, 2.24) is 10.1 Å². The largest absolute Gasteiger partial charge is 1.00 e. The minimum atomic E-state index is -1.17. The smallest absolute Gasteiger partial charge is 1.00 e. The molecule has 1 rings (SSSR count). The summed E-state index contributed by atoms with van der Waals surface area (Å²) in [6.07, 6.45) is 0. The van der Waals surface area contributed by atoms with E-state index in [1.54, 1.807) is 0 Å². The predicted octanol–water partition coefficient (Wildman–Crippen LogP) is -1.82. The Labute approximate surface area is 120 Å². The van der Waals surface area contributed by atoms with Crippen LogP contribution in [0, 0.1) is 0 Å². The zero-order valence-corrected chi connectivity index (χ0v) is 11.3. The van der Waals surface area contributed by atoms with E-state index in [9.17, 15) is 4.79 Å². The minimum Gasteiger partial charge on any atom is -1.00 e. The molecule has 0 aliphatic heterocycles. The summed E-state index contributed by atoms with van der Waals surface area (Å²) in [6.45, 7) is 5.60. The van der Waals surface area contributed by atoms with Gasteiger partial charge in [-0.2, -0.15) is 4.98 Å². The molecule has 0 saturated heterocycles. The van der Waals surface area contributed by atoms with Gasteiger partial charge in [-0.1, -0.05) is 20.8 Å². The van der Waals surface area contributed by atoms with Crippen molar-refractivity contribution in [2.45, 2.75) is 26.2 Å². The molecule has 1 N–H and O–H groups in total. The molecule has 5 nitrogen and oxygen atoms in total. The molecule has 1 heterocycles. The van der Waals surface area contributed by atoms with Gasteiger partial charge in [-0.25, -0.2) is 4.79 Å². The molecule has 0 unspecified atom stereocenters. The quantitative estimate of drug-likeness (QED) is 0.552. The van der Waals surface area contributed by atoms with Gasteiger partial charge in [0.15, 0.2) is 0 Å². The maximum Gasteiger partial charge on any atom is 1.00 e. The fourth-order valence-electron chi connectivity index (χ4n) is 0.615. The molecular formula is C7H11KN2O3. The molecule has 68 valence electrons. The Hall–Kier alpha value is 0.246. The van der Waals surface area contributed by atoms with Crippen LogP contribution in [0.2, 0.25) is 0 Å². The molecule has 1 aromatic rings. The Balaban J connectivity index is 0. The van der Waals surface area contributed by atoms with Gasteiger partial charge in [0, 0.05) is 5.41 Å². The topological polar surface area (TPSA) is 76.2 Å². The third kappa shape index (κ3) is 3.47. The third-order valence-electron chi connectivity index (χ3n) is 1.26. The van der Waals surface area contributed by atoms with Crippen LogP contribution < -0.4 is 51.4 Å². The molecule has 6 heteroatoms. The first-order valence-corrected chi connectivity index (χ1v) is 3.49. The van der Waals surface area contributed by atoms with Gasteiger partial charge in [0.05, 0.1) is 0 Å². The van der Waals surface area contributed by atoms with Crippen molar-refractivity contribution >= 4 is 5.97 Å². The van der Waals surface area contributed by atoms with Gasteiger partial charge in [-0.15, -0.1) is 0 Å². The Morgan fingerprint density at radius 3 is 2.31 bits per heavy atom. The molecular weight excluding hydrogens is 199 g/mol. The van der Waals surface area contributed by atoms with Crippen molar-refractivity contribution in [2.24, 2.45) is 0 Å². The Kier molecular flexibility index (Phi) is 4.74. The normalized spacial score (nSPS) is 10.7. The van der Waals surface area contributed by atoms with E-state index in [1.807, 2.05) is 20.8 Å². The Bertz CT molecular complexity index is 308. The summed E-state index contributed by atoms with van der Waals surface area (Å²) < 4.78 is 4.75. The molecule has 0 fully saturated rings. The number of carboxylic acids is 1. The van der Waals surface area contributed by atoms with Crippen molar-refractivity contribution < 1.29 is 67.2 Å². The van der Waals surface area contributed by atoms with E-state index in [0.29, 0.717) is 5.89 Å². The average Bonchev–Trinajstić information content (AvgIpc) is 2.30. The van der Waals surface area contributed by atoms with Gasteiger partial charge in [-0.3, -0.25) is 0 Å². The van der Waals surface area contributed by atoms with Crippen molar-refractivity contribution in [3.63, 3.8) is 0 Å². The van der Waals surface area contributed by atoms with E-state index in [4.69, 9.17) is 9.63 Å². The summed E-state index contributed by atoms with van der Waals surface area (Å²) in [5.74, 6) is -1.13. The second kappa shape index (κ2) is 4.65. The molecule has 0 aliphatic carbocycles. The van der Waals surface area contributed by atoms with Crippen LogP contribution in [0.15, 0.2) is 4.52 Å². The number of aromatic carboxylic acids is 1. The number of nitrogens with zero attached hydrogens (tertiary/aromatic N) is 2. The van der Waals surface area contributed by atoms with Crippen LogP contribution in [0.4, 0.5) is 0 Å². The van der Waals surface area contributed by atoms with Gasteiger partial charge in [0.25, 0.3) is 5.82 Å². The van der Waals surface area contributed by atoms with Crippen molar-refractivity contribution in [3.05, 3.63) is 11.7 Å². The number of carboxylic acid groups (broad SMARTS) is 1. The van der Waals surface area contributed by atoms with Crippen LogP contribution >= 0.6 is 0 Å². The average molecular weight is 210 g/mol. The van der Waals surface area contributed by atoms with E-state index < -0.39 is 5.97 Å². The predicted molar refractivity (Wildman–Crippen MR) is 41.1 cm³/mol. The molecule has 0 amide bonds. The first kappa shape index (κ1) is 13.2. The third-order valence-corrected chi connectivity index (χ3v) is 1.26. The second-order valence-corrected chi connectivity index (χ2v) is 3.48. The van der Waals surface area contributed by atoms with Crippen molar-refractivity contribution in [1.29, 1.82) is 0 Å². The van der Waals surface area contributed by atoms with Gasteiger partial charge >= 0.3 is 57.4 Å². The summed E-state index contributed by atoms with van der Waals surface area (Å²) in [7, 11) is 0. The molecule has 0 bridgehead atoms. The zero-order valence-electron chi connectivity index (χ0n) is 9.16. The summed E-state index contributed by atoms with van der Waals surface area (Å²) in [6, 6.07) is 0. The van der Waals surface area contributed by atoms with Crippen LogP contribution in [0.1, 0.15) is 38.7 Å². The molecule has 0 radical (unpaired) electrons. The molecule has 0 atom stereocenters. The first-order chi connectivity index (χ1) is 5.41. The van der Waals surface area contributed by atoms with Crippen LogP contribution in [0.5, 0.6) is 0 Å². The summed E-state index contributed by atoms with van der Waals surface area (Å²) in [4.78, 5) is 14.1. The zero-order chi connectivity index (χ0) is 9.35. The van der Waals surface area contributed by atoms with Crippen LogP contribution in [-0.2, 0) is 5.41 Å². The van der Waals surface area contributed by atoms with Crippen molar-refractivity contribution in [3.8, 4) is 0 Å². The molecule has 0 aromatic carbocycles. The maximum atomic E-state index is 10.4. The number of hydrogen-bond acceptors (Lipinski definition) is 4. The standard InChI is InChI=1S/C7H10N2O3.K.H/c1-7(2,3)6-8-4(5(10)11)9-12-6;;/h1-3H3,(H,10,11);;/q;+1;-1. The van der Waals surface area contributed by atoms with E-state index in [0.717, 1.165) is 0 Å². The number of carbonyl (C=O) groups is 1. The fraction of sp³-hybridized carbons (Fsp3) is 0.571. The second-order valence-electron chi connectivity index (χ2n) is 3.48. The Morgan fingerprint density at radius 1 is 1.54 bits per heavy atom. The molecule has 13 heavy (non-hydrogen) atoms. The Morgan fingerprint density at radius 2 is 2.08 bits per heavy atom. The van der Waals surface area contributed by atoms with Gasteiger partial charge in [-0.05, 0) is 5.16 Å². The van der Waals surface area contributed by atoms with E-state index in [2.05, 4.69) is 10.1 Å². The minimum absolute atomic E-state index is 0. The molecule has 1 aromatic heterocycles. The number of rotatable bonds is 1. The van der Waals surface area contributed by atoms with E-state index in [1.165, 1.54) is 0 Å². The molecule has 0 aliphatic rings.